The number of fused-ring (bicyclic) bond motifs is 1. The van der Waals surface area contributed by atoms with Gasteiger partial charge in [0, 0.05) is 36.3 Å². The third-order valence-corrected chi connectivity index (χ3v) is 6.34. The highest BCUT2D eigenvalue weighted by molar-refractivity contribution is 7.23. The molecule has 0 atom stereocenters. The van der Waals surface area contributed by atoms with Crippen LogP contribution in [0.2, 0.25) is 5.28 Å². The highest BCUT2D eigenvalue weighted by Crippen LogP contribution is 2.41. The molecule has 3 aromatic heterocycles. The van der Waals surface area contributed by atoms with Crippen LogP contribution in [0.3, 0.4) is 0 Å². The zero-order valence-corrected chi connectivity index (χ0v) is 18.3. The second-order valence-corrected chi connectivity index (χ2v) is 8.20. The van der Waals surface area contributed by atoms with Crippen molar-refractivity contribution in [3.63, 3.8) is 0 Å². The first-order valence-electron chi connectivity index (χ1n) is 9.85. The van der Waals surface area contributed by atoms with Gasteiger partial charge >= 0.3 is 0 Å². The summed E-state index contributed by atoms with van der Waals surface area (Å²) in [6, 6.07) is 4.00. The SMILES string of the molecule is Cc1c(-c2ccc(NCCOCCO)nc2)sc2c(N3CCOCC3)nc(Cl)nc12. The van der Waals surface area contributed by atoms with Crippen LogP contribution in [-0.2, 0) is 9.47 Å². The van der Waals surface area contributed by atoms with Crippen LogP contribution in [0.25, 0.3) is 20.7 Å². The quantitative estimate of drug-likeness (QED) is 0.400. The average molecular weight is 450 g/mol. The van der Waals surface area contributed by atoms with E-state index in [2.05, 4.69) is 32.1 Å². The molecule has 3 aromatic rings. The van der Waals surface area contributed by atoms with Crippen molar-refractivity contribution in [2.75, 3.05) is 62.9 Å². The standard InChI is InChI=1S/C20H24ClN5O3S/c1-13-16-18(19(25-20(21)24-16)26-5-9-29-10-6-26)30-17(13)14-2-3-15(23-12-14)22-4-8-28-11-7-27/h2-3,12,27H,4-11H2,1H3,(H,22,23). The van der Waals surface area contributed by atoms with Crippen molar-refractivity contribution in [3.8, 4) is 10.4 Å². The van der Waals surface area contributed by atoms with Gasteiger partial charge in [0.2, 0.25) is 5.28 Å². The van der Waals surface area contributed by atoms with Crippen LogP contribution in [-0.4, -0.2) is 72.7 Å². The van der Waals surface area contributed by atoms with Gasteiger partial charge < -0.3 is 24.8 Å². The van der Waals surface area contributed by atoms with E-state index in [4.69, 9.17) is 26.2 Å². The summed E-state index contributed by atoms with van der Waals surface area (Å²) >= 11 is 7.92. The Morgan fingerprint density at radius 3 is 2.83 bits per heavy atom. The molecule has 0 amide bonds. The monoisotopic (exact) mass is 449 g/mol. The zero-order valence-electron chi connectivity index (χ0n) is 16.7. The van der Waals surface area contributed by atoms with Crippen molar-refractivity contribution in [3.05, 3.63) is 29.2 Å². The lowest BCUT2D eigenvalue weighted by molar-refractivity contribution is 0.0992. The number of aryl methyl sites for hydroxylation is 1. The van der Waals surface area contributed by atoms with Gasteiger partial charge in [-0.05, 0) is 36.2 Å². The molecular formula is C20H24ClN5O3S. The van der Waals surface area contributed by atoms with Gasteiger partial charge in [0.15, 0.2) is 5.82 Å². The van der Waals surface area contributed by atoms with Crippen molar-refractivity contribution in [2.45, 2.75) is 6.92 Å². The van der Waals surface area contributed by atoms with Crippen molar-refractivity contribution in [2.24, 2.45) is 0 Å². The fourth-order valence-electron chi connectivity index (χ4n) is 3.36. The van der Waals surface area contributed by atoms with Gasteiger partial charge in [0.25, 0.3) is 0 Å². The third kappa shape index (κ3) is 4.65. The molecule has 1 saturated heterocycles. The molecule has 2 N–H and O–H groups in total. The number of aliphatic hydroxyl groups excluding tert-OH is 1. The topological polar surface area (TPSA) is 92.6 Å². The second kappa shape index (κ2) is 9.84. The molecule has 0 aliphatic carbocycles. The predicted molar refractivity (Wildman–Crippen MR) is 120 cm³/mol. The minimum Gasteiger partial charge on any atom is -0.394 e. The normalized spacial score (nSPS) is 14.4. The van der Waals surface area contributed by atoms with E-state index in [1.165, 1.54) is 0 Å². The Labute approximate surface area is 183 Å². The first kappa shape index (κ1) is 21.2. The number of aromatic nitrogens is 3. The van der Waals surface area contributed by atoms with Crippen LogP contribution in [0.1, 0.15) is 5.56 Å². The summed E-state index contributed by atoms with van der Waals surface area (Å²) in [5.74, 6) is 1.66. The number of rotatable bonds is 8. The van der Waals surface area contributed by atoms with Gasteiger partial charge in [0.05, 0.1) is 43.3 Å². The number of halogens is 1. The van der Waals surface area contributed by atoms with Gasteiger partial charge in [-0.2, -0.15) is 4.98 Å². The Balaban J connectivity index is 1.57. The summed E-state index contributed by atoms with van der Waals surface area (Å²) in [6.45, 7) is 6.54. The van der Waals surface area contributed by atoms with Crippen molar-refractivity contribution >= 4 is 44.8 Å². The molecule has 1 aliphatic rings. The Morgan fingerprint density at radius 1 is 1.27 bits per heavy atom. The van der Waals surface area contributed by atoms with Gasteiger partial charge in [0.1, 0.15) is 5.82 Å². The maximum absolute atomic E-state index is 8.72. The molecule has 4 rings (SSSR count). The number of hydrogen-bond donors (Lipinski definition) is 2. The van der Waals surface area contributed by atoms with Crippen LogP contribution in [0.15, 0.2) is 18.3 Å². The molecule has 8 nitrogen and oxygen atoms in total. The highest BCUT2D eigenvalue weighted by Gasteiger charge is 2.22. The van der Waals surface area contributed by atoms with Crippen LogP contribution in [0.5, 0.6) is 0 Å². The second-order valence-electron chi connectivity index (χ2n) is 6.84. The van der Waals surface area contributed by atoms with E-state index in [1.807, 2.05) is 18.3 Å². The molecule has 0 saturated carbocycles. The number of anilines is 2. The molecule has 10 heteroatoms. The van der Waals surface area contributed by atoms with Gasteiger partial charge in [-0.25, -0.2) is 9.97 Å². The van der Waals surface area contributed by atoms with Crippen molar-refractivity contribution in [1.29, 1.82) is 0 Å². The smallest absolute Gasteiger partial charge is 0.224 e. The summed E-state index contributed by atoms with van der Waals surface area (Å²) in [6.07, 6.45) is 1.86. The summed E-state index contributed by atoms with van der Waals surface area (Å²) in [7, 11) is 0. The summed E-state index contributed by atoms with van der Waals surface area (Å²) < 4.78 is 11.8. The maximum Gasteiger partial charge on any atom is 0.224 e. The molecule has 1 fully saturated rings. The van der Waals surface area contributed by atoms with E-state index in [0.29, 0.717) is 33.0 Å². The number of nitrogens with zero attached hydrogens (tertiary/aromatic N) is 4. The van der Waals surface area contributed by atoms with Gasteiger partial charge in [-0.3, -0.25) is 0 Å². The summed E-state index contributed by atoms with van der Waals surface area (Å²) in [4.78, 5) is 16.9. The van der Waals surface area contributed by atoms with Crippen LogP contribution >= 0.6 is 22.9 Å². The number of hydrogen-bond acceptors (Lipinski definition) is 9. The van der Waals surface area contributed by atoms with Crippen LogP contribution < -0.4 is 10.2 Å². The van der Waals surface area contributed by atoms with E-state index >= 15 is 0 Å². The lowest BCUT2D eigenvalue weighted by Crippen LogP contribution is -2.36. The van der Waals surface area contributed by atoms with Gasteiger partial charge in [-0.15, -0.1) is 11.3 Å². The van der Waals surface area contributed by atoms with E-state index < -0.39 is 0 Å². The minimum absolute atomic E-state index is 0.0321. The van der Waals surface area contributed by atoms with Gasteiger partial charge in [-0.1, -0.05) is 0 Å². The zero-order chi connectivity index (χ0) is 20.9. The number of ether oxygens (including phenoxy) is 2. The average Bonchev–Trinajstić information content (AvgIpc) is 3.10. The molecule has 1 aliphatic heterocycles. The van der Waals surface area contributed by atoms with Crippen molar-refractivity contribution < 1.29 is 14.6 Å². The lowest BCUT2D eigenvalue weighted by atomic mass is 10.1. The Kier molecular flexibility index (Phi) is 6.96. The first-order valence-corrected chi connectivity index (χ1v) is 11.0. The largest absolute Gasteiger partial charge is 0.394 e. The van der Waals surface area contributed by atoms with Crippen molar-refractivity contribution in [1.82, 2.24) is 15.0 Å². The number of morpholine rings is 1. The lowest BCUT2D eigenvalue weighted by Gasteiger charge is -2.28. The van der Waals surface area contributed by atoms with E-state index in [-0.39, 0.29) is 11.9 Å². The molecule has 0 radical (unpaired) electrons. The number of pyridine rings is 1. The van der Waals surface area contributed by atoms with Crippen LogP contribution in [0, 0.1) is 6.92 Å². The number of aliphatic hydroxyl groups is 1. The Bertz CT molecular complexity index is 992. The molecular weight excluding hydrogens is 426 g/mol. The maximum atomic E-state index is 8.72. The fraction of sp³-hybridized carbons (Fsp3) is 0.450. The first-order chi connectivity index (χ1) is 14.7. The van der Waals surface area contributed by atoms with Crippen LogP contribution in [0.4, 0.5) is 11.6 Å². The molecule has 0 unspecified atom stereocenters. The highest BCUT2D eigenvalue weighted by atomic mass is 35.5. The number of thiophene rings is 1. The third-order valence-electron chi connectivity index (χ3n) is 4.84. The summed E-state index contributed by atoms with van der Waals surface area (Å²) in [5.41, 5.74) is 3.00. The molecule has 30 heavy (non-hydrogen) atoms. The predicted octanol–water partition coefficient (Wildman–Crippen LogP) is 2.97. The van der Waals surface area contributed by atoms with E-state index in [9.17, 15) is 0 Å². The number of nitrogens with one attached hydrogen (secondary N) is 1. The fourth-order valence-corrected chi connectivity index (χ4v) is 4.78. The molecule has 0 spiro atoms. The Hall–Kier alpha value is -2.04. The minimum atomic E-state index is 0.0321. The molecule has 0 aromatic carbocycles. The van der Waals surface area contributed by atoms with E-state index in [0.717, 1.165) is 50.9 Å². The molecule has 4 heterocycles. The Morgan fingerprint density at radius 2 is 2.10 bits per heavy atom. The van der Waals surface area contributed by atoms with E-state index in [1.54, 1.807) is 11.3 Å². The molecule has 160 valence electrons. The molecule has 0 bridgehead atoms. The summed E-state index contributed by atoms with van der Waals surface area (Å²) in [5, 5.41) is 12.2.